The van der Waals surface area contributed by atoms with E-state index in [2.05, 4.69) is 35.6 Å². The zero-order valence-corrected chi connectivity index (χ0v) is 12.3. The molecule has 0 aliphatic carbocycles. The number of benzene rings is 2. The second-order valence-electron chi connectivity index (χ2n) is 4.99. The van der Waals surface area contributed by atoms with Gasteiger partial charge in [-0.15, -0.1) is 12.4 Å². The van der Waals surface area contributed by atoms with Crippen LogP contribution >= 0.6 is 12.4 Å². The third-order valence-electron chi connectivity index (χ3n) is 3.54. The van der Waals surface area contributed by atoms with E-state index < -0.39 is 0 Å². The van der Waals surface area contributed by atoms with Crippen LogP contribution in [-0.4, -0.2) is 6.54 Å². The average Bonchev–Trinajstić information content (AvgIpc) is 2.71. The van der Waals surface area contributed by atoms with Crippen LogP contribution in [0.1, 0.15) is 23.1 Å². The van der Waals surface area contributed by atoms with Gasteiger partial charge in [0.05, 0.1) is 0 Å². The minimum Gasteiger partial charge on any atom is -0.489 e. The van der Waals surface area contributed by atoms with E-state index in [-0.39, 0.29) is 12.4 Å². The topological polar surface area (TPSA) is 21.3 Å². The molecule has 1 N–H and O–H groups in total. The second-order valence-corrected chi connectivity index (χ2v) is 4.99. The van der Waals surface area contributed by atoms with Crippen molar-refractivity contribution in [2.24, 2.45) is 0 Å². The van der Waals surface area contributed by atoms with E-state index in [0.29, 0.717) is 6.61 Å². The van der Waals surface area contributed by atoms with Crippen molar-refractivity contribution >= 4 is 12.4 Å². The quantitative estimate of drug-likeness (QED) is 0.930. The van der Waals surface area contributed by atoms with E-state index in [9.17, 15) is 0 Å². The summed E-state index contributed by atoms with van der Waals surface area (Å²) in [4.78, 5) is 0. The standard InChI is InChI=1S/C17H19NO.ClH/c1-2-5-14(6-3-1)13-19-17-9-8-16-12-18-10-4-7-15(16)11-17;/h1-3,5-6,8-9,11,18H,4,7,10,12-13H2;1H. The molecule has 0 amide bonds. The van der Waals surface area contributed by atoms with Gasteiger partial charge >= 0.3 is 0 Å². The van der Waals surface area contributed by atoms with Gasteiger partial charge in [-0.05, 0) is 48.2 Å². The van der Waals surface area contributed by atoms with Crippen LogP contribution in [-0.2, 0) is 19.6 Å². The summed E-state index contributed by atoms with van der Waals surface area (Å²) in [6.07, 6.45) is 2.35. The van der Waals surface area contributed by atoms with E-state index in [0.717, 1.165) is 25.3 Å². The summed E-state index contributed by atoms with van der Waals surface area (Å²) in [5.74, 6) is 0.976. The van der Waals surface area contributed by atoms with Gasteiger partial charge in [-0.1, -0.05) is 36.4 Å². The third-order valence-corrected chi connectivity index (χ3v) is 3.54. The maximum absolute atomic E-state index is 5.88. The lowest BCUT2D eigenvalue weighted by Crippen LogP contribution is -2.11. The number of halogens is 1. The Bertz CT molecular complexity index is 542. The highest BCUT2D eigenvalue weighted by atomic mass is 35.5. The van der Waals surface area contributed by atoms with E-state index in [1.807, 2.05) is 18.2 Å². The first-order valence-corrected chi connectivity index (χ1v) is 6.91. The molecule has 0 bridgehead atoms. The van der Waals surface area contributed by atoms with Crippen LogP contribution in [0, 0.1) is 0 Å². The smallest absolute Gasteiger partial charge is 0.120 e. The van der Waals surface area contributed by atoms with Crippen LogP contribution in [0.3, 0.4) is 0 Å². The highest BCUT2D eigenvalue weighted by Crippen LogP contribution is 2.21. The molecule has 106 valence electrons. The van der Waals surface area contributed by atoms with Gasteiger partial charge in [0.15, 0.2) is 0 Å². The summed E-state index contributed by atoms with van der Waals surface area (Å²) in [5.41, 5.74) is 4.04. The van der Waals surface area contributed by atoms with Crippen molar-refractivity contribution in [2.45, 2.75) is 26.0 Å². The van der Waals surface area contributed by atoms with Crippen molar-refractivity contribution in [1.29, 1.82) is 0 Å². The van der Waals surface area contributed by atoms with Crippen molar-refractivity contribution < 1.29 is 4.74 Å². The van der Waals surface area contributed by atoms with Crippen LogP contribution in [0.25, 0.3) is 0 Å². The number of hydrogen-bond acceptors (Lipinski definition) is 2. The van der Waals surface area contributed by atoms with Gasteiger partial charge < -0.3 is 10.1 Å². The molecule has 0 spiro atoms. The molecule has 3 rings (SSSR count). The molecule has 20 heavy (non-hydrogen) atoms. The molecular formula is C17H20ClNO. The molecule has 0 saturated heterocycles. The molecule has 0 unspecified atom stereocenters. The first kappa shape index (κ1) is 14.9. The van der Waals surface area contributed by atoms with Crippen molar-refractivity contribution in [3.8, 4) is 5.75 Å². The highest BCUT2D eigenvalue weighted by molar-refractivity contribution is 5.85. The molecule has 2 nitrogen and oxygen atoms in total. The van der Waals surface area contributed by atoms with Gasteiger partial charge in [-0.2, -0.15) is 0 Å². The van der Waals surface area contributed by atoms with Crippen LogP contribution < -0.4 is 10.1 Å². The lowest BCUT2D eigenvalue weighted by Gasteiger charge is -2.10. The van der Waals surface area contributed by atoms with E-state index in [4.69, 9.17) is 4.74 Å². The third kappa shape index (κ3) is 3.75. The molecule has 0 atom stereocenters. The minimum absolute atomic E-state index is 0. The Labute approximate surface area is 126 Å². The SMILES string of the molecule is Cl.c1ccc(COc2ccc3c(c2)CCCNC3)cc1. The summed E-state index contributed by atoms with van der Waals surface area (Å²) in [7, 11) is 0. The summed E-state index contributed by atoms with van der Waals surface area (Å²) in [6, 6.07) is 16.8. The molecule has 1 aliphatic rings. The minimum atomic E-state index is 0. The van der Waals surface area contributed by atoms with Gasteiger partial charge in [-0.3, -0.25) is 0 Å². The van der Waals surface area contributed by atoms with E-state index in [1.165, 1.54) is 23.1 Å². The number of hydrogen-bond donors (Lipinski definition) is 1. The molecule has 2 aromatic rings. The Balaban J connectivity index is 0.00000147. The number of nitrogens with one attached hydrogen (secondary N) is 1. The highest BCUT2D eigenvalue weighted by Gasteiger charge is 2.08. The number of rotatable bonds is 3. The molecule has 0 aromatic heterocycles. The summed E-state index contributed by atoms with van der Waals surface area (Å²) < 4.78 is 5.88. The summed E-state index contributed by atoms with van der Waals surface area (Å²) in [6.45, 7) is 2.72. The van der Waals surface area contributed by atoms with Crippen LogP contribution in [0.4, 0.5) is 0 Å². The molecule has 0 fully saturated rings. The fourth-order valence-corrected chi connectivity index (χ4v) is 2.47. The Hall–Kier alpha value is -1.51. The normalized spacial score (nSPS) is 13.8. The van der Waals surface area contributed by atoms with Gasteiger partial charge in [0.25, 0.3) is 0 Å². The van der Waals surface area contributed by atoms with Crippen LogP contribution in [0.15, 0.2) is 48.5 Å². The zero-order valence-electron chi connectivity index (χ0n) is 11.5. The van der Waals surface area contributed by atoms with Crippen molar-refractivity contribution in [2.75, 3.05) is 6.54 Å². The second kappa shape index (κ2) is 7.32. The van der Waals surface area contributed by atoms with E-state index in [1.54, 1.807) is 0 Å². The van der Waals surface area contributed by atoms with Crippen molar-refractivity contribution in [1.82, 2.24) is 5.32 Å². The average molecular weight is 290 g/mol. The predicted molar refractivity (Wildman–Crippen MR) is 84.5 cm³/mol. The Morgan fingerprint density at radius 1 is 1.00 bits per heavy atom. The van der Waals surface area contributed by atoms with Crippen molar-refractivity contribution in [3.05, 3.63) is 65.2 Å². The molecule has 2 aromatic carbocycles. The summed E-state index contributed by atoms with van der Waals surface area (Å²) in [5, 5.41) is 3.44. The number of ether oxygens (including phenoxy) is 1. The lowest BCUT2D eigenvalue weighted by atomic mass is 10.0. The fourth-order valence-electron chi connectivity index (χ4n) is 2.47. The first-order chi connectivity index (χ1) is 9.42. The van der Waals surface area contributed by atoms with Gasteiger partial charge in [0.1, 0.15) is 12.4 Å². The fraction of sp³-hybridized carbons (Fsp3) is 0.294. The monoisotopic (exact) mass is 289 g/mol. The Kier molecular flexibility index (Phi) is 5.45. The maximum atomic E-state index is 5.88. The molecule has 1 heterocycles. The maximum Gasteiger partial charge on any atom is 0.120 e. The number of aryl methyl sites for hydroxylation is 1. The first-order valence-electron chi connectivity index (χ1n) is 6.91. The molecule has 1 aliphatic heterocycles. The van der Waals surface area contributed by atoms with Gasteiger partial charge in [0.2, 0.25) is 0 Å². The van der Waals surface area contributed by atoms with E-state index >= 15 is 0 Å². The molecule has 3 heteroatoms. The predicted octanol–water partition coefficient (Wildman–Crippen LogP) is 3.72. The van der Waals surface area contributed by atoms with Gasteiger partial charge in [-0.25, -0.2) is 0 Å². The Morgan fingerprint density at radius 2 is 1.85 bits per heavy atom. The zero-order chi connectivity index (χ0) is 12.9. The molecule has 0 saturated carbocycles. The lowest BCUT2D eigenvalue weighted by molar-refractivity contribution is 0.306. The molecule has 0 radical (unpaired) electrons. The molecular weight excluding hydrogens is 270 g/mol. The van der Waals surface area contributed by atoms with Crippen molar-refractivity contribution in [3.63, 3.8) is 0 Å². The number of fused-ring (bicyclic) bond motifs is 1. The largest absolute Gasteiger partial charge is 0.489 e. The van der Waals surface area contributed by atoms with Crippen LogP contribution in [0.5, 0.6) is 5.75 Å². The van der Waals surface area contributed by atoms with Gasteiger partial charge in [0, 0.05) is 6.54 Å². The summed E-state index contributed by atoms with van der Waals surface area (Å²) >= 11 is 0. The Morgan fingerprint density at radius 3 is 2.70 bits per heavy atom. The van der Waals surface area contributed by atoms with Crippen LogP contribution in [0.2, 0.25) is 0 Å².